The fourth-order valence-corrected chi connectivity index (χ4v) is 9.11. The lowest BCUT2D eigenvalue weighted by Gasteiger charge is -2.58. The number of aliphatic hydroxyl groups excluding tert-OH is 1. The molecule has 0 aliphatic carbocycles. The zero-order valence-electron chi connectivity index (χ0n) is 29.1. The maximum Gasteiger partial charge on any atom is 0.416 e. The van der Waals surface area contributed by atoms with Crippen LogP contribution in [0.15, 0.2) is 84.9 Å². The summed E-state index contributed by atoms with van der Waals surface area (Å²) in [6.45, 7) is 4.99. The Kier molecular flexibility index (Phi) is 9.31. The van der Waals surface area contributed by atoms with E-state index in [0.29, 0.717) is 41.0 Å². The van der Waals surface area contributed by atoms with E-state index in [1.807, 2.05) is 30.3 Å². The van der Waals surface area contributed by atoms with Gasteiger partial charge >= 0.3 is 6.18 Å². The smallest absolute Gasteiger partial charge is 0.416 e. The fraction of sp³-hybridized carbons (Fsp3) is 0.381. The third-order valence-electron chi connectivity index (χ3n) is 11.5. The van der Waals surface area contributed by atoms with Crippen molar-refractivity contribution < 1.29 is 37.0 Å². The summed E-state index contributed by atoms with van der Waals surface area (Å²) in [4.78, 5) is 0. The molecule has 262 valence electrons. The molecule has 3 aliphatic rings. The molecule has 0 spiro atoms. The van der Waals surface area contributed by atoms with Crippen LogP contribution in [0.3, 0.4) is 0 Å². The molecule has 3 heterocycles. The first-order valence-corrected chi connectivity index (χ1v) is 17.5. The predicted octanol–water partition coefficient (Wildman–Crippen LogP) is 9.71. The lowest BCUT2D eigenvalue weighted by molar-refractivity contribution is -0.985. The molecule has 8 rings (SSSR count). The zero-order chi connectivity index (χ0) is 35.2. The summed E-state index contributed by atoms with van der Waals surface area (Å²) < 4.78 is 58.6. The SMILES string of the molecule is CC[C@H]1C[N+]2(Cc3ccc(C(F)(F)F)cc3)CC[C@H]1C[C@H]2[C@H](O)c1ccc2ccc(OC)c(-c3c(OC)c(COC)cc4ccccc34)c2c1. The number of halogens is 3. The molecule has 0 amide bonds. The minimum Gasteiger partial charge on any atom is -0.496 e. The van der Waals surface area contributed by atoms with E-state index in [-0.39, 0.29) is 6.04 Å². The van der Waals surface area contributed by atoms with E-state index in [2.05, 4.69) is 37.3 Å². The Morgan fingerprint density at radius 2 is 1.62 bits per heavy atom. The number of quaternary nitrogens is 1. The first-order valence-electron chi connectivity index (χ1n) is 17.5. The molecule has 5 aromatic rings. The number of aliphatic hydroxyl groups is 1. The predicted molar refractivity (Wildman–Crippen MR) is 191 cm³/mol. The second kappa shape index (κ2) is 13.5. The van der Waals surface area contributed by atoms with Crippen molar-refractivity contribution in [2.45, 2.75) is 57.7 Å². The summed E-state index contributed by atoms with van der Waals surface area (Å²) in [7, 11) is 5.02. The van der Waals surface area contributed by atoms with Gasteiger partial charge in [-0.3, -0.25) is 0 Å². The summed E-state index contributed by atoms with van der Waals surface area (Å²) in [6, 6.07) is 26.0. The molecule has 1 unspecified atom stereocenters. The molecule has 5 aromatic carbocycles. The van der Waals surface area contributed by atoms with Gasteiger partial charge < -0.3 is 23.8 Å². The Morgan fingerprint density at radius 1 is 0.860 bits per heavy atom. The van der Waals surface area contributed by atoms with Crippen molar-refractivity contribution in [3.8, 4) is 22.6 Å². The van der Waals surface area contributed by atoms with Crippen molar-refractivity contribution >= 4 is 21.5 Å². The van der Waals surface area contributed by atoms with Crippen molar-refractivity contribution in [2.24, 2.45) is 11.8 Å². The Morgan fingerprint density at radius 3 is 2.32 bits per heavy atom. The summed E-state index contributed by atoms with van der Waals surface area (Å²) >= 11 is 0. The van der Waals surface area contributed by atoms with Crippen LogP contribution in [0.2, 0.25) is 0 Å². The standard InChI is InChI=1S/C42H45F3NO4/c1-5-27-24-46(23-26-10-15-33(16-11-26)42(43,44)45)19-18-29(27)22-36(46)40(47)31-13-12-28-14-17-37(49-3)38(35(28)21-31)39-34-9-7-6-8-30(34)20-32(25-48-2)41(39)50-4/h6-17,20-21,27,29,36,40,47H,5,18-19,22-25H2,1-4H3/q+1/t27-,29-,36-,40+,46?/m0/s1. The van der Waals surface area contributed by atoms with E-state index in [4.69, 9.17) is 14.2 Å². The molecule has 3 saturated heterocycles. The molecule has 5 nitrogen and oxygen atoms in total. The number of methoxy groups -OCH3 is 3. The van der Waals surface area contributed by atoms with Gasteiger partial charge in [0.1, 0.15) is 30.2 Å². The number of fused-ring (bicyclic) bond motifs is 5. The maximum absolute atomic E-state index is 13.4. The second-order valence-corrected chi connectivity index (χ2v) is 14.2. The molecular weight excluding hydrogens is 639 g/mol. The minimum atomic E-state index is -4.38. The maximum atomic E-state index is 13.4. The van der Waals surface area contributed by atoms with Gasteiger partial charge in [-0.25, -0.2) is 0 Å². The van der Waals surface area contributed by atoms with Crippen molar-refractivity contribution in [1.82, 2.24) is 0 Å². The van der Waals surface area contributed by atoms with E-state index in [0.717, 1.165) is 81.7 Å². The molecule has 8 heteroatoms. The fourth-order valence-electron chi connectivity index (χ4n) is 9.11. The van der Waals surface area contributed by atoms with E-state index in [9.17, 15) is 18.3 Å². The van der Waals surface area contributed by atoms with E-state index in [1.54, 1.807) is 33.5 Å². The average molecular weight is 685 g/mol. The Hall–Kier alpha value is -4.11. The van der Waals surface area contributed by atoms with E-state index < -0.39 is 17.8 Å². The lowest BCUT2D eigenvalue weighted by Crippen LogP contribution is -2.67. The normalized spacial score (nSPS) is 22.6. The number of benzene rings is 5. The van der Waals surface area contributed by atoms with Crippen molar-refractivity contribution in [2.75, 3.05) is 34.4 Å². The van der Waals surface area contributed by atoms with Crippen LogP contribution in [0, 0.1) is 11.8 Å². The van der Waals surface area contributed by atoms with Crippen LogP contribution in [0.1, 0.15) is 54.5 Å². The van der Waals surface area contributed by atoms with Crippen LogP contribution in [-0.4, -0.2) is 50.1 Å². The number of rotatable bonds is 10. The molecule has 3 fully saturated rings. The first-order chi connectivity index (χ1) is 24.1. The molecule has 3 aliphatic heterocycles. The highest BCUT2D eigenvalue weighted by molar-refractivity contribution is 6.10. The highest BCUT2D eigenvalue weighted by Gasteiger charge is 2.54. The number of hydrogen-bond acceptors (Lipinski definition) is 4. The zero-order valence-corrected chi connectivity index (χ0v) is 29.1. The Balaban J connectivity index is 1.35. The van der Waals surface area contributed by atoms with Gasteiger partial charge in [0.15, 0.2) is 0 Å². The molecule has 0 aromatic heterocycles. The van der Waals surface area contributed by atoms with Crippen LogP contribution >= 0.6 is 0 Å². The largest absolute Gasteiger partial charge is 0.496 e. The average Bonchev–Trinajstić information content (AvgIpc) is 3.13. The number of nitrogens with zero attached hydrogens (tertiary/aromatic N) is 1. The van der Waals surface area contributed by atoms with Gasteiger partial charge in [0.25, 0.3) is 0 Å². The Bertz CT molecular complexity index is 2010. The third kappa shape index (κ3) is 6.01. The molecule has 1 N–H and O–H groups in total. The number of ether oxygens (including phenoxy) is 3. The summed E-state index contributed by atoms with van der Waals surface area (Å²) in [5.74, 6) is 2.45. The number of piperidine rings is 3. The van der Waals surface area contributed by atoms with Gasteiger partial charge in [0, 0.05) is 48.1 Å². The topological polar surface area (TPSA) is 47.9 Å². The highest BCUT2D eigenvalue weighted by atomic mass is 19.4. The molecule has 0 saturated carbocycles. The monoisotopic (exact) mass is 684 g/mol. The van der Waals surface area contributed by atoms with Gasteiger partial charge in [0.2, 0.25) is 0 Å². The van der Waals surface area contributed by atoms with Gasteiger partial charge in [-0.2, -0.15) is 13.2 Å². The van der Waals surface area contributed by atoms with Crippen molar-refractivity contribution in [1.29, 1.82) is 0 Å². The molecule has 5 atom stereocenters. The van der Waals surface area contributed by atoms with Gasteiger partial charge in [0.05, 0.1) is 39.5 Å². The van der Waals surface area contributed by atoms with Crippen LogP contribution in [0.4, 0.5) is 13.2 Å². The molecule has 2 bridgehead atoms. The lowest BCUT2D eigenvalue weighted by atomic mass is 9.70. The Labute approximate surface area is 291 Å². The van der Waals surface area contributed by atoms with Crippen LogP contribution in [0.5, 0.6) is 11.5 Å². The van der Waals surface area contributed by atoms with Gasteiger partial charge in [-0.05, 0) is 69.8 Å². The van der Waals surface area contributed by atoms with Crippen LogP contribution in [-0.2, 0) is 24.1 Å². The van der Waals surface area contributed by atoms with Crippen LogP contribution in [0.25, 0.3) is 32.7 Å². The summed E-state index contributed by atoms with van der Waals surface area (Å²) in [5.41, 5.74) is 3.76. The number of alkyl halides is 3. The van der Waals surface area contributed by atoms with Crippen LogP contribution < -0.4 is 9.47 Å². The number of hydrogen-bond donors (Lipinski definition) is 1. The third-order valence-corrected chi connectivity index (χ3v) is 11.5. The van der Waals surface area contributed by atoms with Gasteiger partial charge in [-0.1, -0.05) is 61.5 Å². The summed E-state index contributed by atoms with van der Waals surface area (Å²) in [6.07, 6.45) is -2.16. The first kappa shape index (κ1) is 34.3. The van der Waals surface area contributed by atoms with Gasteiger partial charge in [-0.15, -0.1) is 0 Å². The molecule has 0 radical (unpaired) electrons. The molecular formula is C42H45F3NO4+. The molecule has 50 heavy (non-hydrogen) atoms. The highest BCUT2D eigenvalue weighted by Crippen LogP contribution is 2.50. The minimum absolute atomic E-state index is 0.0919. The van der Waals surface area contributed by atoms with E-state index >= 15 is 0 Å². The van der Waals surface area contributed by atoms with E-state index in [1.165, 1.54) is 12.1 Å². The second-order valence-electron chi connectivity index (χ2n) is 14.2. The summed E-state index contributed by atoms with van der Waals surface area (Å²) in [5, 5.41) is 16.4. The van der Waals surface area contributed by atoms with Crippen molar-refractivity contribution in [3.05, 3.63) is 107 Å². The quantitative estimate of drug-likeness (QED) is 0.149. The van der Waals surface area contributed by atoms with Crippen molar-refractivity contribution in [3.63, 3.8) is 0 Å².